The van der Waals surface area contributed by atoms with E-state index in [0.29, 0.717) is 5.82 Å². The molecule has 4 aromatic heterocycles. The molecule has 0 fully saturated rings. The van der Waals surface area contributed by atoms with Gasteiger partial charge in [0.1, 0.15) is 17.0 Å². The Kier molecular flexibility index (Phi) is 6.86. The molecule has 0 spiro atoms. The normalized spacial score (nSPS) is 11.9. The quantitative estimate of drug-likeness (QED) is 0.177. The smallest absolute Gasteiger partial charge is 0.162 e. The van der Waals surface area contributed by atoms with Gasteiger partial charge in [-0.05, 0) is 71.8 Å². The second kappa shape index (κ2) is 12.4. The van der Waals surface area contributed by atoms with Crippen LogP contribution in [0, 0.1) is 0 Å². The third kappa shape index (κ3) is 4.89. The van der Waals surface area contributed by atoms with Gasteiger partial charge in [0, 0.05) is 55.2 Å². The van der Waals surface area contributed by atoms with Gasteiger partial charge in [0.25, 0.3) is 0 Å². The minimum atomic E-state index is 0.651. The Labute approximate surface area is 327 Å². The Bertz CT molecular complexity index is 3520. The third-order valence-electron chi connectivity index (χ3n) is 11.3. The van der Waals surface area contributed by atoms with Crippen LogP contribution in [0.15, 0.2) is 199 Å². The van der Waals surface area contributed by atoms with Crippen molar-refractivity contribution in [1.29, 1.82) is 0 Å². The molecule has 12 rings (SSSR count). The summed E-state index contributed by atoms with van der Waals surface area (Å²) in [7, 11) is 0. The maximum Gasteiger partial charge on any atom is 0.162 e. The largest absolute Gasteiger partial charge is 0.456 e. The van der Waals surface area contributed by atoms with Gasteiger partial charge in [-0.1, -0.05) is 127 Å². The summed E-state index contributed by atoms with van der Waals surface area (Å²) < 4.78 is 11.1. The highest BCUT2D eigenvalue weighted by atomic mass is 16.3. The van der Waals surface area contributed by atoms with Crippen molar-refractivity contribution in [3.63, 3.8) is 0 Å². The van der Waals surface area contributed by atoms with E-state index in [9.17, 15) is 0 Å². The Hall–Kier alpha value is -7.76. The molecule has 0 N–H and O–H groups in total. The van der Waals surface area contributed by atoms with E-state index < -0.39 is 0 Å². The molecule has 4 heterocycles. The number of benzene rings is 8. The molecule has 0 saturated carbocycles. The number of aromatic nitrogens is 4. The Morgan fingerprint density at radius 2 is 0.947 bits per heavy atom. The van der Waals surface area contributed by atoms with Crippen LogP contribution in [0.4, 0.5) is 0 Å². The van der Waals surface area contributed by atoms with E-state index in [-0.39, 0.29) is 0 Å². The van der Waals surface area contributed by atoms with Crippen LogP contribution in [0.1, 0.15) is 0 Å². The van der Waals surface area contributed by atoms with Crippen molar-refractivity contribution in [2.75, 3.05) is 0 Å². The molecule has 0 bridgehead atoms. The molecular formula is C52H32N4O. The van der Waals surface area contributed by atoms with Gasteiger partial charge in [0.15, 0.2) is 5.82 Å². The molecular weight excluding hydrogens is 697 g/mol. The van der Waals surface area contributed by atoms with E-state index in [2.05, 4.69) is 185 Å². The van der Waals surface area contributed by atoms with Gasteiger partial charge in [-0.2, -0.15) is 0 Å². The van der Waals surface area contributed by atoms with E-state index in [0.717, 1.165) is 72.4 Å². The lowest BCUT2D eigenvalue weighted by Crippen LogP contribution is -2.02. The zero-order chi connectivity index (χ0) is 37.5. The highest BCUT2D eigenvalue weighted by Crippen LogP contribution is 2.43. The molecule has 266 valence electrons. The van der Waals surface area contributed by atoms with Crippen LogP contribution in [0.5, 0.6) is 0 Å². The van der Waals surface area contributed by atoms with Crippen molar-refractivity contribution in [3.05, 3.63) is 194 Å². The zero-order valence-electron chi connectivity index (χ0n) is 30.7. The fourth-order valence-electron chi connectivity index (χ4n) is 8.80. The first-order valence-electron chi connectivity index (χ1n) is 19.2. The molecule has 5 nitrogen and oxygen atoms in total. The van der Waals surface area contributed by atoms with Crippen LogP contribution < -0.4 is 0 Å². The first-order valence-corrected chi connectivity index (χ1v) is 19.2. The maximum atomic E-state index is 6.37. The highest BCUT2D eigenvalue weighted by molar-refractivity contribution is 6.28. The van der Waals surface area contributed by atoms with Crippen molar-refractivity contribution >= 4 is 65.6 Å². The minimum Gasteiger partial charge on any atom is -0.456 e. The summed E-state index contributed by atoms with van der Waals surface area (Å²) in [6, 6.07) is 68.3. The van der Waals surface area contributed by atoms with E-state index >= 15 is 0 Å². The molecule has 12 aromatic rings. The van der Waals surface area contributed by atoms with E-state index in [4.69, 9.17) is 14.4 Å². The summed E-state index contributed by atoms with van der Waals surface area (Å²) in [6.45, 7) is 0. The first-order chi connectivity index (χ1) is 28.3. The van der Waals surface area contributed by atoms with Gasteiger partial charge in [0.2, 0.25) is 0 Å². The minimum absolute atomic E-state index is 0.651. The van der Waals surface area contributed by atoms with Gasteiger partial charge in [-0.3, -0.25) is 4.57 Å². The predicted octanol–water partition coefficient (Wildman–Crippen LogP) is 13.6. The molecule has 0 aliphatic heterocycles. The maximum absolute atomic E-state index is 6.37. The number of nitrogens with zero attached hydrogens (tertiary/aromatic N) is 4. The SMILES string of the molecule is c1ccc(-c2cccc(-c3nc(-c4ccc5c(c4)oc4ccccc45)cc(-n4c5ccccc5c5c6c7ccccc7n(-c7ccccc7)c6ccc54)n3)c2)cc1. The van der Waals surface area contributed by atoms with Crippen LogP contribution in [0.2, 0.25) is 0 Å². The highest BCUT2D eigenvalue weighted by Gasteiger charge is 2.22. The number of fused-ring (bicyclic) bond motifs is 10. The van der Waals surface area contributed by atoms with Crippen molar-refractivity contribution in [3.8, 4) is 45.3 Å². The Morgan fingerprint density at radius 3 is 1.72 bits per heavy atom. The lowest BCUT2D eigenvalue weighted by molar-refractivity contribution is 0.669. The number of para-hydroxylation sites is 4. The Morgan fingerprint density at radius 1 is 0.351 bits per heavy atom. The first kappa shape index (κ1) is 31.6. The van der Waals surface area contributed by atoms with Crippen molar-refractivity contribution in [2.24, 2.45) is 0 Å². The number of furan rings is 1. The summed E-state index contributed by atoms with van der Waals surface area (Å²) in [5.41, 5.74) is 12.3. The van der Waals surface area contributed by atoms with Crippen LogP contribution in [0.25, 0.3) is 111 Å². The summed E-state index contributed by atoms with van der Waals surface area (Å²) in [4.78, 5) is 10.7. The lowest BCUT2D eigenvalue weighted by Gasteiger charge is -2.13. The molecule has 57 heavy (non-hydrogen) atoms. The van der Waals surface area contributed by atoms with Crippen molar-refractivity contribution < 1.29 is 4.42 Å². The zero-order valence-corrected chi connectivity index (χ0v) is 30.7. The number of hydrogen-bond acceptors (Lipinski definition) is 3. The van der Waals surface area contributed by atoms with Crippen molar-refractivity contribution in [1.82, 2.24) is 19.1 Å². The van der Waals surface area contributed by atoms with Gasteiger partial charge in [0.05, 0.1) is 27.8 Å². The average molecular weight is 729 g/mol. The molecule has 0 unspecified atom stereocenters. The van der Waals surface area contributed by atoms with Gasteiger partial charge in [-0.15, -0.1) is 0 Å². The summed E-state index contributed by atoms with van der Waals surface area (Å²) >= 11 is 0. The summed E-state index contributed by atoms with van der Waals surface area (Å²) in [5.74, 6) is 1.44. The Balaban J connectivity index is 1.15. The lowest BCUT2D eigenvalue weighted by atomic mass is 10.0. The second-order valence-corrected chi connectivity index (χ2v) is 14.6. The van der Waals surface area contributed by atoms with Crippen molar-refractivity contribution in [2.45, 2.75) is 0 Å². The van der Waals surface area contributed by atoms with E-state index in [1.807, 2.05) is 18.2 Å². The molecule has 0 aliphatic carbocycles. The second-order valence-electron chi connectivity index (χ2n) is 14.6. The standard InChI is InChI=1S/C52H32N4O/c1-3-14-33(15-4-1)34-16-13-17-36(30-34)52-53-42(35-26-27-39-38-20-9-12-25-47(38)57-48(39)31-35)32-49(54-52)56-44-24-11-8-22-41(44)51-46(56)29-28-45-50(51)40-21-7-10-23-43(40)55(45)37-18-5-2-6-19-37/h1-32H. The fraction of sp³-hybridized carbons (Fsp3) is 0. The predicted molar refractivity (Wildman–Crippen MR) is 234 cm³/mol. The fourth-order valence-corrected chi connectivity index (χ4v) is 8.80. The number of rotatable bonds is 5. The molecule has 5 heteroatoms. The summed E-state index contributed by atoms with van der Waals surface area (Å²) in [5, 5.41) is 7.00. The van der Waals surface area contributed by atoms with E-state index in [1.165, 1.54) is 32.6 Å². The van der Waals surface area contributed by atoms with Crippen LogP contribution >= 0.6 is 0 Å². The summed E-state index contributed by atoms with van der Waals surface area (Å²) in [6.07, 6.45) is 0. The van der Waals surface area contributed by atoms with Crippen LogP contribution in [0.3, 0.4) is 0 Å². The molecule has 0 aliphatic rings. The van der Waals surface area contributed by atoms with Crippen LogP contribution in [-0.4, -0.2) is 19.1 Å². The topological polar surface area (TPSA) is 48.8 Å². The molecule has 0 atom stereocenters. The molecule has 0 saturated heterocycles. The van der Waals surface area contributed by atoms with Gasteiger partial charge >= 0.3 is 0 Å². The molecule has 8 aromatic carbocycles. The molecule has 0 amide bonds. The van der Waals surface area contributed by atoms with Gasteiger partial charge in [-0.25, -0.2) is 9.97 Å². The van der Waals surface area contributed by atoms with E-state index in [1.54, 1.807) is 0 Å². The monoisotopic (exact) mass is 728 g/mol. The molecule has 0 radical (unpaired) electrons. The number of hydrogen-bond donors (Lipinski definition) is 0. The van der Waals surface area contributed by atoms with Crippen LogP contribution in [-0.2, 0) is 0 Å². The third-order valence-corrected chi connectivity index (χ3v) is 11.3. The average Bonchev–Trinajstić information content (AvgIpc) is 3.94. The van der Waals surface area contributed by atoms with Gasteiger partial charge < -0.3 is 8.98 Å².